The van der Waals surface area contributed by atoms with E-state index in [1.54, 1.807) is 11.3 Å². The summed E-state index contributed by atoms with van der Waals surface area (Å²) in [6, 6.07) is 8.17. The van der Waals surface area contributed by atoms with Crippen LogP contribution in [0.2, 0.25) is 0 Å². The number of carbonyl (C=O) groups is 1. The van der Waals surface area contributed by atoms with E-state index in [4.69, 9.17) is 0 Å². The van der Waals surface area contributed by atoms with E-state index in [-0.39, 0.29) is 30.7 Å². The first-order chi connectivity index (χ1) is 10.3. The number of benzene rings is 1. The molecule has 1 unspecified atom stereocenters. The summed E-state index contributed by atoms with van der Waals surface area (Å²) in [6.45, 7) is 1.63. The molecule has 0 saturated carbocycles. The van der Waals surface area contributed by atoms with Gasteiger partial charge in [-0.25, -0.2) is 4.98 Å². The normalized spacial score (nSPS) is 17.1. The van der Waals surface area contributed by atoms with Gasteiger partial charge in [0.25, 0.3) is 5.91 Å². The van der Waals surface area contributed by atoms with Crippen LogP contribution in [0.25, 0.3) is 11.3 Å². The summed E-state index contributed by atoms with van der Waals surface area (Å²) in [5.74, 6) is 0.118. The second kappa shape index (κ2) is 9.23. The SMILES string of the molecule is CNC1CCCN(C(=O)c2cccc(-c3cscn3)c2)C1.Cl.Cl. The maximum Gasteiger partial charge on any atom is 0.253 e. The van der Waals surface area contributed by atoms with Gasteiger partial charge in [0.1, 0.15) is 0 Å². The van der Waals surface area contributed by atoms with Crippen LogP contribution in [0.4, 0.5) is 0 Å². The zero-order chi connectivity index (χ0) is 14.7. The Balaban J connectivity index is 0.00000132. The number of likely N-dealkylation sites (N-methyl/N-ethyl adjacent to an activating group) is 1. The molecule has 126 valence electrons. The molecule has 1 saturated heterocycles. The molecule has 1 aromatic carbocycles. The van der Waals surface area contributed by atoms with Gasteiger partial charge >= 0.3 is 0 Å². The first-order valence-electron chi connectivity index (χ1n) is 7.23. The summed E-state index contributed by atoms with van der Waals surface area (Å²) in [5, 5.41) is 5.27. The first-order valence-corrected chi connectivity index (χ1v) is 8.17. The van der Waals surface area contributed by atoms with Crippen LogP contribution in [0.1, 0.15) is 23.2 Å². The van der Waals surface area contributed by atoms with E-state index < -0.39 is 0 Å². The Morgan fingerprint density at radius 1 is 1.39 bits per heavy atom. The van der Waals surface area contributed by atoms with Crippen molar-refractivity contribution in [3.63, 3.8) is 0 Å². The fourth-order valence-electron chi connectivity index (χ4n) is 2.75. The number of nitrogens with zero attached hydrogens (tertiary/aromatic N) is 2. The van der Waals surface area contributed by atoms with Crippen molar-refractivity contribution in [2.75, 3.05) is 20.1 Å². The molecule has 1 N–H and O–H groups in total. The Bertz CT molecular complexity index is 622. The highest BCUT2D eigenvalue weighted by atomic mass is 35.5. The quantitative estimate of drug-likeness (QED) is 0.895. The molecule has 1 aliphatic heterocycles. The fraction of sp³-hybridized carbons (Fsp3) is 0.375. The minimum absolute atomic E-state index is 0. The number of aromatic nitrogens is 1. The van der Waals surface area contributed by atoms with E-state index in [0.29, 0.717) is 6.04 Å². The molecule has 0 aliphatic carbocycles. The number of likely N-dealkylation sites (tertiary alicyclic amines) is 1. The zero-order valence-corrected chi connectivity index (χ0v) is 15.3. The van der Waals surface area contributed by atoms with Gasteiger partial charge in [-0.1, -0.05) is 12.1 Å². The van der Waals surface area contributed by atoms with Crippen LogP contribution in [0.15, 0.2) is 35.2 Å². The van der Waals surface area contributed by atoms with Crippen molar-refractivity contribution in [2.45, 2.75) is 18.9 Å². The van der Waals surface area contributed by atoms with Gasteiger partial charge < -0.3 is 10.2 Å². The molecular weight excluding hydrogens is 353 g/mol. The van der Waals surface area contributed by atoms with Gasteiger partial charge in [0.15, 0.2) is 0 Å². The lowest BCUT2D eigenvalue weighted by Gasteiger charge is -2.32. The van der Waals surface area contributed by atoms with Gasteiger partial charge in [-0.2, -0.15) is 0 Å². The van der Waals surface area contributed by atoms with E-state index in [9.17, 15) is 4.79 Å². The van der Waals surface area contributed by atoms with Gasteiger partial charge in [-0.15, -0.1) is 36.2 Å². The molecule has 1 fully saturated rings. The second-order valence-corrected chi connectivity index (χ2v) is 6.05. The highest BCUT2D eigenvalue weighted by Gasteiger charge is 2.23. The van der Waals surface area contributed by atoms with E-state index >= 15 is 0 Å². The van der Waals surface area contributed by atoms with Gasteiger partial charge in [0, 0.05) is 35.6 Å². The zero-order valence-electron chi connectivity index (χ0n) is 12.9. The van der Waals surface area contributed by atoms with Gasteiger partial charge in [-0.3, -0.25) is 4.79 Å². The number of carbonyl (C=O) groups excluding carboxylic acids is 1. The maximum absolute atomic E-state index is 12.7. The first kappa shape index (κ1) is 19.9. The molecule has 23 heavy (non-hydrogen) atoms. The van der Waals surface area contributed by atoms with Crippen LogP contribution in [0.3, 0.4) is 0 Å². The number of hydrogen-bond donors (Lipinski definition) is 1. The Morgan fingerprint density at radius 2 is 2.22 bits per heavy atom. The number of nitrogens with one attached hydrogen (secondary N) is 1. The predicted molar refractivity (Wildman–Crippen MR) is 100 cm³/mol. The predicted octanol–water partition coefficient (Wildman–Crippen LogP) is 3.48. The van der Waals surface area contributed by atoms with E-state index in [1.165, 1.54) is 0 Å². The number of amides is 1. The second-order valence-electron chi connectivity index (χ2n) is 5.33. The van der Waals surface area contributed by atoms with E-state index in [1.807, 2.05) is 47.1 Å². The highest BCUT2D eigenvalue weighted by molar-refractivity contribution is 7.07. The molecule has 0 bridgehead atoms. The Labute approximate surface area is 153 Å². The molecule has 0 spiro atoms. The van der Waals surface area contributed by atoms with Crippen LogP contribution in [-0.2, 0) is 0 Å². The molecule has 1 aliphatic rings. The lowest BCUT2D eigenvalue weighted by molar-refractivity contribution is 0.0698. The molecule has 2 heterocycles. The summed E-state index contributed by atoms with van der Waals surface area (Å²) >= 11 is 1.57. The monoisotopic (exact) mass is 373 g/mol. The molecule has 1 aromatic heterocycles. The summed E-state index contributed by atoms with van der Waals surface area (Å²) < 4.78 is 0. The fourth-order valence-corrected chi connectivity index (χ4v) is 3.31. The third-order valence-corrected chi connectivity index (χ3v) is 4.54. The van der Waals surface area contributed by atoms with E-state index in [2.05, 4.69) is 10.3 Å². The third-order valence-electron chi connectivity index (χ3n) is 3.95. The topological polar surface area (TPSA) is 45.2 Å². The van der Waals surface area contributed by atoms with Crippen LogP contribution >= 0.6 is 36.2 Å². The molecule has 1 atom stereocenters. The van der Waals surface area contributed by atoms with Gasteiger partial charge in [0.05, 0.1) is 11.2 Å². The number of hydrogen-bond acceptors (Lipinski definition) is 4. The minimum atomic E-state index is 0. The average molecular weight is 374 g/mol. The summed E-state index contributed by atoms with van der Waals surface area (Å²) in [7, 11) is 1.96. The number of piperidine rings is 1. The van der Waals surface area contributed by atoms with Gasteiger partial charge in [0.2, 0.25) is 0 Å². The molecule has 0 radical (unpaired) electrons. The van der Waals surface area contributed by atoms with Crippen molar-refractivity contribution < 1.29 is 4.79 Å². The van der Waals surface area contributed by atoms with Crippen molar-refractivity contribution >= 4 is 42.1 Å². The van der Waals surface area contributed by atoms with Crippen molar-refractivity contribution in [2.24, 2.45) is 0 Å². The van der Waals surface area contributed by atoms with Gasteiger partial charge in [-0.05, 0) is 32.0 Å². The highest BCUT2D eigenvalue weighted by Crippen LogP contribution is 2.21. The maximum atomic E-state index is 12.7. The third kappa shape index (κ3) is 4.67. The standard InChI is InChI=1S/C16H19N3OS.2ClH/c1-17-14-6-3-7-19(9-14)16(20)13-5-2-4-12(8-13)15-10-21-11-18-15;;/h2,4-5,8,10-11,14,17H,3,6-7,9H2,1H3;2*1H. The number of rotatable bonds is 3. The van der Waals surface area contributed by atoms with Crippen LogP contribution in [-0.4, -0.2) is 42.0 Å². The van der Waals surface area contributed by atoms with Crippen molar-refractivity contribution in [3.8, 4) is 11.3 Å². The summed E-state index contributed by atoms with van der Waals surface area (Å²) in [5.41, 5.74) is 4.49. The number of halogens is 2. The molecule has 7 heteroatoms. The summed E-state index contributed by atoms with van der Waals surface area (Å²) in [4.78, 5) is 18.9. The molecule has 4 nitrogen and oxygen atoms in total. The minimum Gasteiger partial charge on any atom is -0.337 e. The van der Waals surface area contributed by atoms with Crippen molar-refractivity contribution in [1.29, 1.82) is 0 Å². The summed E-state index contributed by atoms with van der Waals surface area (Å²) in [6.07, 6.45) is 2.20. The van der Waals surface area contributed by atoms with Crippen LogP contribution < -0.4 is 5.32 Å². The van der Waals surface area contributed by atoms with E-state index in [0.717, 1.165) is 42.8 Å². The van der Waals surface area contributed by atoms with Crippen molar-refractivity contribution in [3.05, 3.63) is 40.7 Å². The van der Waals surface area contributed by atoms with Crippen LogP contribution in [0.5, 0.6) is 0 Å². The average Bonchev–Trinajstić information content (AvgIpc) is 3.09. The molecule has 1 amide bonds. The lowest BCUT2D eigenvalue weighted by Crippen LogP contribution is -2.46. The Hall–Kier alpha value is -1.14. The Kier molecular flexibility index (Phi) is 7.99. The number of thiazole rings is 1. The largest absolute Gasteiger partial charge is 0.337 e. The van der Waals surface area contributed by atoms with Crippen molar-refractivity contribution in [1.82, 2.24) is 15.2 Å². The molecular formula is C16H21Cl2N3OS. The molecule has 3 rings (SSSR count). The van der Waals surface area contributed by atoms with Crippen LogP contribution in [0, 0.1) is 0 Å². The molecule has 2 aromatic rings. The smallest absolute Gasteiger partial charge is 0.253 e. The lowest BCUT2D eigenvalue weighted by atomic mass is 10.0. The Morgan fingerprint density at radius 3 is 2.91 bits per heavy atom.